The molecule has 22 heavy (non-hydrogen) atoms. The third-order valence-corrected chi connectivity index (χ3v) is 3.31. The van der Waals surface area contributed by atoms with Crippen LogP contribution in [0.5, 0.6) is 0 Å². The van der Waals surface area contributed by atoms with Crippen molar-refractivity contribution in [1.29, 1.82) is 0 Å². The number of aryl methyl sites for hydroxylation is 1. The molecule has 0 bridgehead atoms. The zero-order valence-electron chi connectivity index (χ0n) is 13.0. The van der Waals surface area contributed by atoms with Crippen LogP contribution in [-0.4, -0.2) is 41.6 Å². The van der Waals surface area contributed by atoms with Gasteiger partial charge in [-0.1, -0.05) is 28.9 Å². The van der Waals surface area contributed by atoms with Crippen LogP contribution in [0, 0.1) is 6.92 Å². The Morgan fingerprint density at radius 2 is 2.27 bits per heavy atom. The Hall–Kier alpha value is -2.08. The van der Waals surface area contributed by atoms with Crippen LogP contribution in [0.1, 0.15) is 17.3 Å². The standard InChI is InChI=1S/C15H20ClN5O/c1-11-19-14(22-20-11)7-8-18-15(17-2)21(3)10-12-5-4-6-13(16)9-12/h4-6,9H,7-8,10H2,1-3H3,(H,17,18). The first-order valence-corrected chi connectivity index (χ1v) is 7.41. The molecule has 1 heterocycles. The van der Waals surface area contributed by atoms with E-state index in [1.165, 1.54) is 0 Å². The van der Waals surface area contributed by atoms with E-state index >= 15 is 0 Å². The van der Waals surface area contributed by atoms with Crippen LogP contribution in [0.3, 0.4) is 0 Å². The number of aromatic nitrogens is 2. The van der Waals surface area contributed by atoms with Gasteiger partial charge in [-0.05, 0) is 24.6 Å². The third-order valence-electron chi connectivity index (χ3n) is 3.07. The highest BCUT2D eigenvalue weighted by Gasteiger charge is 2.08. The quantitative estimate of drug-likeness (QED) is 0.676. The molecule has 0 aliphatic rings. The van der Waals surface area contributed by atoms with Crippen LogP contribution < -0.4 is 5.32 Å². The van der Waals surface area contributed by atoms with Gasteiger partial charge >= 0.3 is 0 Å². The maximum absolute atomic E-state index is 6.01. The van der Waals surface area contributed by atoms with Gasteiger partial charge in [-0.15, -0.1) is 0 Å². The zero-order chi connectivity index (χ0) is 15.9. The fourth-order valence-electron chi connectivity index (χ4n) is 2.09. The minimum Gasteiger partial charge on any atom is -0.356 e. The lowest BCUT2D eigenvalue weighted by Gasteiger charge is -2.22. The van der Waals surface area contributed by atoms with Crippen LogP contribution in [0.2, 0.25) is 5.02 Å². The molecule has 1 aromatic heterocycles. The molecule has 0 saturated carbocycles. The summed E-state index contributed by atoms with van der Waals surface area (Å²) in [7, 11) is 3.74. The van der Waals surface area contributed by atoms with Gasteiger partial charge < -0.3 is 14.7 Å². The van der Waals surface area contributed by atoms with Crippen LogP contribution >= 0.6 is 11.6 Å². The molecule has 1 aromatic carbocycles. The Balaban J connectivity index is 1.85. The van der Waals surface area contributed by atoms with Gasteiger partial charge in [-0.3, -0.25) is 4.99 Å². The topological polar surface area (TPSA) is 66.5 Å². The van der Waals surface area contributed by atoms with Crippen molar-refractivity contribution in [1.82, 2.24) is 20.4 Å². The van der Waals surface area contributed by atoms with Crippen LogP contribution in [0.25, 0.3) is 0 Å². The summed E-state index contributed by atoms with van der Waals surface area (Å²) in [6.45, 7) is 3.20. The predicted molar refractivity (Wildman–Crippen MR) is 87.0 cm³/mol. The highest BCUT2D eigenvalue weighted by atomic mass is 35.5. The number of halogens is 1. The first-order valence-electron chi connectivity index (χ1n) is 7.04. The number of hydrogen-bond donors (Lipinski definition) is 1. The fourth-order valence-corrected chi connectivity index (χ4v) is 2.30. The van der Waals surface area contributed by atoms with Gasteiger partial charge in [0.25, 0.3) is 0 Å². The number of aliphatic imine (C=N–C) groups is 1. The Morgan fingerprint density at radius 3 is 2.91 bits per heavy atom. The molecule has 0 fully saturated rings. The molecular weight excluding hydrogens is 302 g/mol. The molecule has 118 valence electrons. The van der Waals surface area contributed by atoms with Crippen molar-refractivity contribution in [2.45, 2.75) is 19.9 Å². The first-order chi connectivity index (χ1) is 10.6. The summed E-state index contributed by atoms with van der Waals surface area (Å²) in [6, 6.07) is 7.80. The molecule has 7 heteroatoms. The van der Waals surface area contributed by atoms with Gasteiger partial charge in [0.1, 0.15) is 0 Å². The lowest BCUT2D eigenvalue weighted by atomic mass is 10.2. The van der Waals surface area contributed by atoms with E-state index < -0.39 is 0 Å². The molecule has 0 aliphatic carbocycles. The Bertz CT molecular complexity index is 640. The molecular formula is C15H20ClN5O. The van der Waals surface area contributed by atoms with E-state index in [2.05, 4.69) is 20.4 Å². The molecule has 0 amide bonds. The molecule has 0 aliphatic heterocycles. The molecule has 1 N–H and O–H groups in total. The smallest absolute Gasteiger partial charge is 0.228 e. The molecule has 6 nitrogen and oxygen atoms in total. The maximum atomic E-state index is 6.01. The second-order valence-electron chi connectivity index (χ2n) is 4.95. The lowest BCUT2D eigenvalue weighted by Crippen LogP contribution is -2.39. The van der Waals surface area contributed by atoms with Gasteiger partial charge in [0, 0.05) is 38.6 Å². The third kappa shape index (κ3) is 4.73. The monoisotopic (exact) mass is 321 g/mol. The van der Waals surface area contributed by atoms with Gasteiger partial charge in [-0.25, -0.2) is 0 Å². The largest absolute Gasteiger partial charge is 0.356 e. The Labute approximate surface area is 135 Å². The van der Waals surface area contributed by atoms with Crippen molar-refractivity contribution in [2.24, 2.45) is 4.99 Å². The van der Waals surface area contributed by atoms with E-state index in [1.54, 1.807) is 14.0 Å². The SMILES string of the molecule is CN=C(NCCc1nc(C)no1)N(C)Cc1cccc(Cl)c1. The van der Waals surface area contributed by atoms with E-state index in [1.807, 2.05) is 36.2 Å². The highest BCUT2D eigenvalue weighted by Crippen LogP contribution is 2.12. The van der Waals surface area contributed by atoms with Crippen molar-refractivity contribution in [3.05, 3.63) is 46.6 Å². The molecule has 0 spiro atoms. The highest BCUT2D eigenvalue weighted by molar-refractivity contribution is 6.30. The maximum Gasteiger partial charge on any atom is 0.228 e. The van der Waals surface area contributed by atoms with E-state index in [9.17, 15) is 0 Å². The van der Waals surface area contributed by atoms with Gasteiger partial charge in [0.2, 0.25) is 5.89 Å². The Morgan fingerprint density at radius 1 is 1.45 bits per heavy atom. The van der Waals surface area contributed by atoms with Gasteiger partial charge in [0.05, 0.1) is 0 Å². The fraction of sp³-hybridized carbons (Fsp3) is 0.400. The summed E-state index contributed by atoms with van der Waals surface area (Å²) >= 11 is 6.01. The normalized spacial score (nSPS) is 11.5. The number of guanidine groups is 1. The molecule has 0 atom stereocenters. The van der Waals surface area contributed by atoms with Crippen LogP contribution in [0.15, 0.2) is 33.8 Å². The average molecular weight is 322 g/mol. The minimum atomic E-state index is 0.623. The van der Waals surface area contributed by atoms with E-state index in [0.29, 0.717) is 24.7 Å². The number of rotatable bonds is 5. The van der Waals surface area contributed by atoms with Crippen LogP contribution in [-0.2, 0) is 13.0 Å². The summed E-state index contributed by atoms with van der Waals surface area (Å²) in [5.74, 6) is 2.08. The van der Waals surface area contributed by atoms with Crippen molar-refractivity contribution in [3.8, 4) is 0 Å². The minimum absolute atomic E-state index is 0.623. The summed E-state index contributed by atoms with van der Waals surface area (Å²) in [5, 5.41) is 7.78. The van der Waals surface area contributed by atoms with E-state index in [-0.39, 0.29) is 0 Å². The van der Waals surface area contributed by atoms with Crippen molar-refractivity contribution >= 4 is 17.6 Å². The Kier molecular flexibility index (Phi) is 5.77. The second-order valence-corrected chi connectivity index (χ2v) is 5.38. The molecule has 0 unspecified atom stereocenters. The number of benzene rings is 1. The number of hydrogen-bond acceptors (Lipinski definition) is 4. The van der Waals surface area contributed by atoms with Gasteiger partial charge in [0.15, 0.2) is 11.8 Å². The van der Waals surface area contributed by atoms with E-state index in [0.717, 1.165) is 23.1 Å². The molecule has 2 aromatic rings. The molecule has 0 saturated heterocycles. The van der Waals surface area contributed by atoms with Crippen molar-refractivity contribution in [3.63, 3.8) is 0 Å². The zero-order valence-corrected chi connectivity index (χ0v) is 13.8. The molecule has 2 rings (SSSR count). The van der Waals surface area contributed by atoms with Gasteiger partial charge in [-0.2, -0.15) is 4.98 Å². The second kappa shape index (κ2) is 7.79. The van der Waals surface area contributed by atoms with Crippen molar-refractivity contribution in [2.75, 3.05) is 20.6 Å². The summed E-state index contributed by atoms with van der Waals surface area (Å²) < 4.78 is 5.08. The predicted octanol–water partition coefficient (Wildman–Crippen LogP) is 2.28. The number of nitrogens with zero attached hydrogens (tertiary/aromatic N) is 4. The average Bonchev–Trinajstić information content (AvgIpc) is 2.89. The lowest BCUT2D eigenvalue weighted by molar-refractivity contribution is 0.373. The summed E-state index contributed by atoms with van der Waals surface area (Å²) in [5.41, 5.74) is 1.13. The summed E-state index contributed by atoms with van der Waals surface area (Å²) in [6.07, 6.45) is 0.658. The van der Waals surface area contributed by atoms with Crippen LogP contribution in [0.4, 0.5) is 0 Å². The first kappa shape index (κ1) is 16.3. The summed E-state index contributed by atoms with van der Waals surface area (Å²) in [4.78, 5) is 10.5. The van der Waals surface area contributed by atoms with Crippen molar-refractivity contribution < 1.29 is 4.52 Å². The molecule has 0 radical (unpaired) electrons. The number of nitrogens with one attached hydrogen (secondary N) is 1. The van der Waals surface area contributed by atoms with E-state index in [4.69, 9.17) is 16.1 Å².